The minimum atomic E-state index is 0.130. The van der Waals surface area contributed by atoms with Crippen molar-refractivity contribution in [1.82, 2.24) is 4.98 Å². The predicted molar refractivity (Wildman–Crippen MR) is 89.5 cm³/mol. The van der Waals surface area contributed by atoms with Crippen molar-refractivity contribution in [3.05, 3.63) is 22.7 Å². The van der Waals surface area contributed by atoms with E-state index in [0.717, 1.165) is 31.7 Å². The number of thiazole rings is 1. The van der Waals surface area contributed by atoms with Crippen LogP contribution in [0.4, 0.5) is 5.13 Å². The number of fused-ring (bicyclic) bond motifs is 3. The van der Waals surface area contributed by atoms with E-state index in [9.17, 15) is 4.79 Å². The molecule has 2 bridgehead atoms. The second kappa shape index (κ2) is 5.36. The third-order valence-electron chi connectivity index (χ3n) is 4.93. The zero-order valence-electron chi connectivity index (χ0n) is 11.6. The average Bonchev–Trinajstić information content (AvgIpc) is 3.12. The number of amides is 1. The molecule has 5 heteroatoms. The highest BCUT2D eigenvalue weighted by molar-refractivity contribution is 9.10. The molecular weight excluding hydrogens is 348 g/mol. The van der Waals surface area contributed by atoms with Gasteiger partial charge in [-0.2, -0.15) is 0 Å². The Morgan fingerprint density at radius 2 is 2.29 bits per heavy atom. The van der Waals surface area contributed by atoms with Crippen LogP contribution in [0.15, 0.2) is 22.7 Å². The lowest BCUT2D eigenvalue weighted by molar-refractivity contribution is -0.117. The molecule has 2 aliphatic rings. The molecular formula is C16H17BrN2OS. The van der Waals surface area contributed by atoms with Crippen LogP contribution in [-0.2, 0) is 4.79 Å². The van der Waals surface area contributed by atoms with Crippen LogP contribution in [0.2, 0.25) is 0 Å². The van der Waals surface area contributed by atoms with E-state index in [1.54, 1.807) is 0 Å². The number of anilines is 1. The van der Waals surface area contributed by atoms with Crippen LogP contribution >= 0.6 is 27.3 Å². The van der Waals surface area contributed by atoms with Crippen molar-refractivity contribution in [2.45, 2.75) is 32.1 Å². The number of nitrogens with one attached hydrogen (secondary N) is 1. The van der Waals surface area contributed by atoms with Crippen molar-refractivity contribution >= 4 is 48.5 Å². The van der Waals surface area contributed by atoms with Gasteiger partial charge in [0.05, 0.1) is 10.2 Å². The SMILES string of the molecule is O=C(CC1CC2CCC1C2)Nc1nc2ccc(Br)cc2s1. The predicted octanol–water partition coefficient (Wildman–Crippen LogP) is 4.82. The lowest BCUT2D eigenvalue weighted by Crippen LogP contribution is -2.20. The maximum absolute atomic E-state index is 12.2. The number of rotatable bonds is 3. The van der Waals surface area contributed by atoms with E-state index in [-0.39, 0.29) is 5.91 Å². The molecule has 3 atom stereocenters. The smallest absolute Gasteiger partial charge is 0.226 e. The lowest BCUT2D eigenvalue weighted by atomic mass is 9.86. The number of aromatic nitrogens is 1. The molecule has 21 heavy (non-hydrogen) atoms. The summed E-state index contributed by atoms with van der Waals surface area (Å²) < 4.78 is 2.14. The third-order valence-corrected chi connectivity index (χ3v) is 6.36. The summed E-state index contributed by atoms with van der Waals surface area (Å²) in [5, 5.41) is 3.71. The molecule has 1 aromatic heterocycles. The van der Waals surface area contributed by atoms with E-state index in [0.29, 0.717) is 12.3 Å². The monoisotopic (exact) mass is 364 g/mol. The van der Waals surface area contributed by atoms with Gasteiger partial charge in [-0.25, -0.2) is 4.98 Å². The minimum Gasteiger partial charge on any atom is -0.302 e. The molecule has 110 valence electrons. The van der Waals surface area contributed by atoms with Gasteiger partial charge in [0.2, 0.25) is 5.91 Å². The van der Waals surface area contributed by atoms with Crippen LogP contribution in [0.25, 0.3) is 10.2 Å². The highest BCUT2D eigenvalue weighted by Crippen LogP contribution is 2.49. The van der Waals surface area contributed by atoms with E-state index in [1.807, 2.05) is 18.2 Å². The number of nitrogens with zero attached hydrogens (tertiary/aromatic N) is 1. The van der Waals surface area contributed by atoms with Gasteiger partial charge in [0.15, 0.2) is 5.13 Å². The van der Waals surface area contributed by atoms with Crippen LogP contribution < -0.4 is 5.32 Å². The molecule has 1 aromatic carbocycles. The van der Waals surface area contributed by atoms with E-state index in [4.69, 9.17) is 0 Å². The third kappa shape index (κ3) is 2.73. The van der Waals surface area contributed by atoms with Gasteiger partial charge in [-0.15, -0.1) is 0 Å². The van der Waals surface area contributed by atoms with Gasteiger partial charge in [-0.1, -0.05) is 33.7 Å². The van der Waals surface area contributed by atoms with Crippen LogP contribution in [-0.4, -0.2) is 10.9 Å². The number of carbonyl (C=O) groups excluding carboxylic acids is 1. The molecule has 3 nitrogen and oxygen atoms in total. The normalized spacial score (nSPS) is 27.4. The van der Waals surface area contributed by atoms with E-state index in [1.165, 1.54) is 37.0 Å². The highest BCUT2D eigenvalue weighted by atomic mass is 79.9. The van der Waals surface area contributed by atoms with Crippen molar-refractivity contribution in [2.75, 3.05) is 5.32 Å². The van der Waals surface area contributed by atoms with Crippen molar-refractivity contribution in [2.24, 2.45) is 17.8 Å². The quantitative estimate of drug-likeness (QED) is 0.847. The Balaban J connectivity index is 1.43. The highest BCUT2D eigenvalue weighted by Gasteiger charge is 2.40. The Bertz CT molecular complexity index is 699. The Hall–Kier alpha value is -0.940. The fraction of sp³-hybridized carbons (Fsp3) is 0.500. The molecule has 4 rings (SSSR count). The fourth-order valence-electron chi connectivity index (χ4n) is 3.99. The molecule has 2 fully saturated rings. The summed E-state index contributed by atoms with van der Waals surface area (Å²) in [7, 11) is 0. The standard InChI is InChI=1S/C16H17BrN2OS/c17-12-3-4-13-14(8-12)21-16(18-13)19-15(20)7-11-6-9-1-2-10(11)5-9/h3-4,8-11H,1-2,5-7H2,(H,18,19,20). The summed E-state index contributed by atoms with van der Waals surface area (Å²) in [4.78, 5) is 16.7. The molecule has 0 spiro atoms. The summed E-state index contributed by atoms with van der Waals surface area (Å²) in [6, 6.07) is 5.99. The van der Waals surface area contributed by atoms with Crippen LogP contribution in [0, 0.1) is 17.8 Å². The number of carbonyl (C=O) groups is 1. The fourth-order valence-corrected chi connectivity index (χ4v) is 5.42. The first-order valence-corrected chi connectivity index (χ1v) is 9.14. The van der Waals surface area contributed by atoms with Crippen molar-refractivity contribution < 1.29 is 4.79 Å². The maximum atomic E-state index is 12.2. The summed E-state index contributed by atoms with van der Waals surface area (Å²) in [5.41, 5.74) is 0.943. The first-order chi connectivity index (χ1) is 10.2. The van der Waals surface area contributed by atoms with Gasteiger partial charge < -0.3 is 5.32 Å². The topological polar surface area (TPSA) is 42.0 Å². The molecule has 0 aliphatic heterocycles. The summed E-state index contributed by atoms with van der Waals surface area (Å²) in [6.45, 7) is 0. The second-order valence-electron chi connectivity index (χ2n) is 6.32. The number of halogens is 1. The van der Waals surface area contributed by atoms with Crippen LogP contribution in [0.5, 0.6) is 0 Å². The van der Waals surface area contributed by atoms with E-state index in [2.05, 4.69) is 26.2 Å². The Morgan fingerprint density at radius 1 is 1.38 bits per heavy atom. The summed E-state index contributed by atoms with van der Waals surface area (Å²) in [6.07, 6.45) is 5.99. The zero-order valence-corrected chi connectivity index (χ0v) is 14.0. The first kappa shape index (κ1) is 13.7. The van der Waals surface area contributed by atoms with Crippen molar-refractivity contribution in [3.63, 3.8) is 0 Å². The molecule has 2 saturated carbocycles. The molecule has 1 N–H and O–H groups in total. The van der Waals surface area contributed by atoms with Crippen LogP contribution in [0.1, 0.15) is 32.1 Å². The van der Waals surface area contributed by atoms with E-state index >= 15 is 0 Å². The molecule has 0 radical (unpaired) electrons. The lowest BCUT2D eigenvalue weighted by Gasteiger charge is -2.20. The Labute approximate surface area is 136 Å². The van der Waals surface area contributed by atoms with E-state index < -0.39 is 0 Å². The second-order valence-corrected chi connectivity index (χ2v) is 8.26. The van der Waals surface area contributed by atoms with Crippen LogP contribution in [0.3, 0.4) is 0 Å². The maximum Gasteiger partial charge on any atom is 0.226 e. The van der Waals surface area contributed by atoms with Gasteiger partial charge >= 0.3 is 0 Å². The van der Waals surface area contributed by atoms with Gasteiger partial charge in [-0.05, 0) is 55.2 Å². The molecule has 1 amide bonds. The number of benzene rings is 1. The average molecular weight is 365 g/mol. The summed E-state index contributed by atoms with van der Waals surface area (Å²) in [5.74, 6) is 2.43. The molecule has 1 heterocycles. The Kier molecular flexibility index (Phi) is 3.50. The zero-order chi connectivity index (χ0) is 14.4. The molecule has 3 unspecified atom stereocenters. The van der Waals surface area contributed by atoms with Gasteiger partial charge in [0.1, 0.15) is 0 Å². The minimum absolute atomic E-state index is 0.130. The number of hydrogen-bond acceptors (Lipinski definition) is 3. The number of hydrogen-bond donors (Lipinski definition) is 1. The van der Waals surface area contributed by atoms with Crippen molar-refractivity contribution in [3.8, 4) is 0 Å². The van der Waals surface area contributed by atoms with Crippen molar-refractivity contribution in [1.29, 1.82) is 0 Å². The molecule has 0 saturated heterocycles. The first-order valence-electron chi connectivity index (χ1n) is 7.53. The molecule has 2 aliphatic carbocycles. The summed E-state index contributed by atoms with van der Waals surface area (Å²) >= 11 is 5.00. The van der Waals surface area contributed by atoms with Gasteiger partial charge in [-0.3, -0.25) is 4.79 Å². The molecule has 2 aromatic rings. The Morgan fingerprint density at radius 3 is 3.05 bits per heavy atom. The van der Waals surface area contributed by atoms with Gasteiger partial charge in [0.25, 0.3) is 0 Å². The largest absolute Gasteiger partial charge is 0.302 e. The van der Waals surface area contributed by atoms with Gasteiger partial charge in [0, 0.05) is 10.9 Å².